The molecule has 0 spiro atoms. The lowest BCUT2D eigenvalue weighted by Crippen LogP contribution is -2.35. The molecule has 1 amide bonds. The van der Waals surface area contributed by atoms with Gasteiger partial charge in [-0.3, -0.25) is 4.79 Å². The first-order chi connectivity index (χ1) is 13.2. The van der Waals surface area contributed by atoms with E-state index in [1.807, 2.05) is 61.2 Å². The van der Waals surface area contributed by atoms with E-state index in [-0.39, 0.29) is 11.2 Å². The number of thioether (sulfide) groups is 1. The van der Waals surface area contributed by atoms with Crippen molar-refractivity contribution in [2.45, 2.75) is 36.5 Å². The third-order valence-electron chi connectivity index (χ3n) is 3.94. The molecule has 3 rings (SSSR count). The maximum absolute atomic E-state index is 12.8. The Morgan fingerprint density at radius 1 is 1.26 bits per heavy atom. The summed E-state index contributed by atoms with van der Waals surface area (Å²) in [7, 11) is 0. The molecule has 27 heavy (non-hydrogen) atoms. The number of amides is 1. The Bertz CT molecular complexity index is 837. The largest absolute Gasteiger partial charge is 0.467 e. The summed E-state index contributed by atoms with van der Waals surface area (Å²) in [4.78, 5) is 14.7. The summed E-state index contributed by atoms with van der Waals surface area (Å²) < 4.78 is 6.06. The van der Waals surface area contributed by atoms with Crippen molar-refractivity contribution < 1.29 is 9.21 Å². The van der Waals surface area contributed by atoms with E-state index < -0.39 is 0 Å². The van der Waals surface area contributed by atoms with Gasteiger partial charge in [0.05, 0.1) is 18.1 Å². The lowest BCUT2D eigenvalue weighted by Gasteiger charge is -2.23. The van der Waals surface area contributed by atoms with Crippen LogP contribution >= 0.6 is 23.1 Å². The van der Waals surface area contributed by atoms with E-state index in [0.29, 0.717) is 24.8 Å². The van der Waals surface area contributed by atoms with Crippen molar-refractivity contribution >= 4 is 34.1 Å². The highest BCUT2D eigenvalue weighted by Crippen LogP contribution is 2.30. The van der Waals surface area contributed by atoms with E-state index in [1.54, 1.807) is 6.26 Å². The van der Waals surface area contributed by atoms with Gasteiger partial charge in [-0.2, -0.15) is 0 Å². The highest BCUT2D eigenvalue weighted by atomic mass is 32.2. The molecule has 6 nitrogen and oxygen atoms in total. The Morgan fingerprint density at radius 2 is 2.07 bits per heavy atom. The van der Waals surface area contributed by atoms with Crippen LogP contribution in [-0.4, -0.2) is 32.8 Å². The minimum absolute atomic E-state index is 0.103. The fraction of sp³-hybridized carbons (Fsp3) is 0.316. The summed E-state index contributed by atoms with van der Waals surface area (Å²) >= 11 is 2.88. The molecule has 0 aliphatic rings. The predicted octanol–water partition coefficient (Wildman–Crippen LogP) is 4.27. The third-order valence-corrected chi connectivity index (χ3v) is 5.99. The molecule has 2 aromatic heterocycles. The molecule has 2 heterocycles. The zero-order valence-corrected chi connectivity index (χ0v) is 16.9. The van der Waals surface area contributed by atoms with Gasteiger partial charge in [-0.25, -0.2) is 0 Å². The van der Waals surface area contributed by atoms with Gasteiger partial charge in [0.1, 0.15) is 5.76 Å². The number of anilines is 1. The first-order valence-electron chi connectivity index (χ1n) is 8.75. The molecule has 0 bridgehead atoms. The Hall–Kier alpha value is -2.32. The summed E-state index contributed by atoms with van der Waals surface area (Å²) in [6.07, 6.45) is 1.64. The van der Waals surface area contributed by atoms with Crippen LogP contribution in [0.3, 0.4) is 0 Å². The summed E-state index contributed by atoms with van der Waals surface area (Å²) in [5.74, 6) is 0.939. The number of benzene rings is 1. The van der Waals surface area contributed by atoms with Crippen molar-refractivity contribution in [2.24, 2.45) is 0 Å². The molecule has 0 aliphatic carbocycles. The maximum atomic E-state index is 12.8. The molecule has 0 radical (unpaired) electrons. The molecule has 3 aromatic rings. The average molecular weight is 403 g/mol. The van der Waals surface area contributed by atoms with Gasteiger partial charge in [-0.05, 0) is 31.5 Å². The van der Waals surface area contributed by atoms with Crippen LogP contribution in [-0.2, 0) is 17.9 Å². The summed E-state index contributed by atoms with van der Waals surface area (Å²) in [6, 6.07) is 13.8. The molecular formula is C19H22N4O2S2. The molecule has 142 valence electrons. The second kappa shape index (κ2) is 9.57. The molecule has 1 N–H and O–H groups in total. The normalized spacial score (nSPS) is 11.9. The molecule has 0 aliphatic heterocycles. The Morgan fingerprint density at radius 3 is 2.78 bits per heavy atom. The molecule has 0 fully saturated rings. The molecular weight excluding hydrogens is 380 g/mol. The quantitative estimate of drug-likeness (QED) is 0.539. The van der Waals surface area contributed by atoms with Gasteiger partial charge in [-0.1, -0.05) is 53.4 Å². The van der Waals surface area contributed by atoms with Crippen LogP contribution in [0.25, 0.3) is 0 Å². The number of aromatic nitrogens is 2. The Balaban J connectivity index is 1.54. The summed E-state index contributed by atoms with van der Waals surface area (Å²) in [5, 5.41) is 12.0. The zero-order chi connectivity index (χ0) is 19.1. The van der Waals surface area contributed by atoms with Crippen molar-refractivity contribution in [3.63, 3.8) is 0 Å². The van der Waals surface area contributed by atoms with Crippen LogP contribution in [0.5, 0.6) is 0 Å². The number of carbonyl (C=O) groups excluding carboxylic acids is 1. The van der Waals surface area contributed by atoms with Gasteiger partial charge in [-0.15, -0.1) is 10.2 Å². The number of furan rings is 1. The predicted molar refractivity (Wildman–Crippen MR) is 109 cm³/mol. The first kappa shape index (κ1) is 19.4. The second-order valence-corrected chi connectivity index (χ2v) is 8.47. The lowest BCUT2D eigenvalue weighted by atomic mass is 10.2. The minimum atomic E-state index is -0.223. The number of nitrogens with zero attached hydrogens (tertiary/aromatic N) is 3. The molecule has 1 unspecified atom stereocenters. The molecule has 0 saturated heterocycles. The van der Waals surface area contributed by atoms with Crippen molar-refractivity contribution in [2.75, 3.05) is 11.9 Å². The zero-order valence-electron chi connectivity index (χ0n) is 15.3. The highest BCUT2D eigenvalue weighted by molar-refractivity contribution is 8.02. The van der Waals surface area contributed by atoms with Crippen LogP contribution < -0.4 is 5.32 Å². The maximum Gasteiger partial charge on any atom is 0.236 e. The number of rotatable bonds is 9. The SMILES string of the molecule is CCN(Cc1ccccc1)C(=O)C(C)Sc1nnc(NCc2ccco2)s1. The van der Waals surface area contributed by atoms with Crippen molar-refractivity contribution in [3.8, 4) is 0 Å². The summed E-state index contributed by atoms with van der Waals surface area (Å²) in [5.41, 5.74) is 1.13. The molecule has 1 aromatic carbocycles. The highest BCUT2D eigenvalue weighted by Gasteiger charge is 2.22. The van der Waals surface area contributed by atoms with E-state index >= 15 is 0 Å². The van der Waals surface area contributed by atoms with Gasteiger partial charge >= 0.3 is 0 Å². The van der Waals surface area contributed by atoms with E-state index in [1.165, 1.54) is 23.1 Å². The lowest BCUT2D eigenvalue weighted by molar-refractivity contribution is -0.130. The van der Waals surface area contributed by atoms with Crippen LogP contribution in [0.4, 0.5) is 5.13 Å². The van der Waals surface area contributed by atoms with Gasteiger partial charge in [0, 0.05) is 13.1 Å². The van der Waals surface area contributed by atoms with Crippen molar-refractivity contribution in [3.05, 3.63) is 60.1 Å². The van der Waals surface area contributed by atoms with Crippen LogP contribution in [0, 0.1) is 0 Å². The number of hydrogen-bond donors (Lipinski definition) is 1. The standard InChI is InChI=1S/C19H22N4O2S2/c1-3-23(13-15-8-5-4-6-9-15)17(24)14(2)26-19-22-21-18(27-19)20-12-16-10-7-11-25-16/h4-11,14H,3,12-13H2,1-2H3,(H,20,21). The van der Waals surface area contributed by atoms with E-state index in [0.717, 1.165) is 15.7 Å². The fourth-order valence-electron chi connectivity index (χ4n) is 2.51. The Kier molecular flexibility index (Phi) is 6.89. The van der Waals surface area contributed by atoms with Gasteiger partial charge in [0.25, 0.3) is 0 Å². The molecule has 8 heteroatoms. The third kappa shape index (κ3) is 5.58. The molecule has 1 atom stereocenters. The fourth-order valence-corrected chi connectivity index (χ4v) is 4.49. The second-order valence-electron chi connectivity index (χ2n) is 5.90. The van der Waals surface area contributed by atoms with Gasteiger partial charge < -0.3 is 14.6 Å². The monoisotopic (exact) mass is 402 g/mol. The number of hydrogen-bond acceptors (Lipinski definition) is 7. The number of nitrogens with one attached hydrogen (secondary N) is 1. The topological polar surface area (TPSA) is 71.3 Å². The van der Waals surface area contributed by atoms with Crippen LogP contribution in [0.15, 0.2) is 57.5 Å². The van der Waals surface area contributed by atoms with Gasteiger partial charge in [0.15, 0.2) is 4.34 Å². The molecule has 0 saturated carbocycles. The van der Waals surface area contributed by atoms with Crippen molar-refractivity contribution in [1.29, 1.82) is 0 Å². The smallest absolute Gasteiger partial charge is 0.236 e. The van der Waals surface area contributed by atoms with Crippen LogP contribution in [0.2, 0.25) is 0 Å². The van der Waals surface area contributed by atoms with Gasteiger partial charge in [0.2, 0.25) is 11.0 Å². The van der Waals surface area contributed by atoms with Crippen LogP contribution in [0.1, 0.15) is 25.2 Å². The Labute approximate surface area is 167 Å². The van der Waals surface area contributed by atoms with E-state index in [4.69, 9.17) is 4.42 Å². The van der Waals surface area contributed by atoms with Crippen molar-refractivity contribution in [1.82, 2.24) is 15.1 Å². The first-order valence-corrected chi connectivity index (χ1v) is 10.4. The number of carbonyl (C=O) groups is 1. The average Bonchev–Trinajstić information content (AvgIpc) is 3.36. The van der Waals surface area contributed by atoms with E-state index in [2.05, 4.69) is 15.5 Å². The minimum Gasteiger partial charge on any atom is -0.467 e. The summed E-state index contributed by atoms with van der Waals surface area (Å²) in [6.45, 7) is 5.76. The van der Waals surface area contributed by atoms with E-state index in [9.17, 15) is 4.79 Å².